The van der Waals surface area contributed by atoms with Crippen molar-refractivity contribution < 1.29 is 14.0 Å². The van der Waals surface area contributed by atoms with Crippen molar-refractivity contribution in [2.24, 2.45) is 0 Å². The van der Waals surface area contributed by atoms with Crippen molar-refractivity contribution in [2.75, 3.05) is 12.3 Å². The Kier molecular flexibility index (Phi) is 2.53. The van der Waals surface area contributed by atoms with Crippen LogP contribution in [0.2, 0.25) is 0 Å². The van der Waals surface area contributed by atoms with Crippen LogP contribution in [-0.4, -0.2) is 26.9 Å². The predicted molar refractivity (Wildman–Crippen MR) is 71.6 cm³/mol. The van der Waals surface area contributed by atoms with Gasteiger partial charge in [-0.05, 0) is 12.1 Å². The summed E-state index contributed by atoms with van der Waals surface area (Å²) in [7, 11) is 0. The van der Waals surface area contributed by atoms with Crippen LogP contribution in [0.25, 0.3) is 11.6 Å². The van der Waals surface area contributed by atoms with Gasteiger partial charge in [0.05, 0.1) is 0 Å². The lowest BCUT2D eigenvalue weighted by atomic mass is 10.2. The lowest BCUT2D eigenvalue weighted by molar-refractivity contribution is 0.0832. The molecule has 8 heteroatoms. The van der Waals surface area contributed by atoms with E-state index < -0.39 is 6.10 Å². The van der Waals surface area contributed by atoms with Gasteiger partial charge in [-0.1, -0.05) is 17.3 Å². The first-order valence-corrected chi connectivity index (χ1v) is 6.33. The first-order chi connectivity index (χ1) is 10.3. The van der Waals surface area contributed by atoms with Gasteiger partial charge < -0.3 is 19.7 Å². The molecule has 0 radical (unpaired) electrons. The van der Waals surface area contributed by atoms with Gasteiger partial charge in [-0.25, -0.2) is 0 Å². The fourth-order valence-corrected chi connectivity index (χ4v) is 2.07. The number of H-pyrrole nitrogens is 1. The number of hydrogen-bond acceptors (Lipinski definition) is 7. The topological polar surface area (TPSA) is 112 Å². The number of benzene rings is 1. The van der Waals surface area contributed by atoms with Crippen LogP contribution in [0.5, 0.6) is 11.5 Å². The number of nitrogens with one attached hydrogen (secondary N) is 1. The highest BCUT2D eigenvalue weighted by Gasteiger charge is 2.27. The van der Waals surface area contributed by atoms with Crippen LogP contribution in [0.4, 0.5) is 5.82 Å². The molecular weight excluding hydrogens is 274 g/mol. The second-order valence-corrected chi connectivity index (χ2v) is 4.53. The zero-order valence-corrected chi connectivity index (χ0v) is 10.8. The highest BCUT2D eigenvalue weighted by Crippen LogP contribution is 2.35. The summed E-state index contributed by atoms with van der Waals surface area (Å²) >= 11 is 0. The van der Waals surface area contributed by atoms with E-state index >= 15 is 0 Å². The Morgan fingerprint density at radius 2 is 2.10 bits per heavy atom. The fourth-order valence-electron chi connectivity index (χ4n) is 2.07. The molecular formula is C13H11N5O3. The monoisotopic (exact) mass is 285 g/mol. The Bertz CT molecular complexity index is 781. The summed E-state index contributed by atoms with van der Waals surface area (Å²) in [6.45, 7) is 0.321. The number of aromatic amines is 1. The van der Waals surface area contributed by atoms with Crippen LogP contribution >= 0.6 is 0 Å². The Labute approximate surface area is 118 Å². The maximum atomic E-state index is 5.81. The van der Waals surface area contributed by atoms with Gasteiger partial charge in [-0.2, -0.15) is 10.1 Å². The molecule has 1 unspecified atom stereocenters. The largest absolute Gasteiger partial charge is 0.485 e. The van der Waals surface area contributed by atoms with E-state index in [0.717, 1.165) is 0 Å². The summed E-state index contributed by atoms with van der Waals surface area (Å²) in [5, 5.41) is 10.4. The van der Waals surface area contributed by atoms with Crippen molar-refractivity contribution in [2.45, 2.75) is 6.10 Å². The fraction of sp³-hybridized carbons (Fsp3) is 0.154. The van der Waals surface area contributed by atoms with E-state index in [-0.39, 0.29) is 0 Å². The molecule has 1 aliphatic heterocycles. The smallest absolute Gasteiger partial charge is 0.276 e. The summed E-state index contributed by atoms with van der Waals surface area (Å²) in [5.74, 6) is 2.44. The molecule has 0 saturated heterocycles. The molecule has 3 N–H and O–H groups in total. The number of para-hydroxylation sites is 2. The molecule has 8 nitrogen and oxygen atoms in total. The predicted octanol–water partition coefficient (Wildman–Crippen LogP) is 1.55. The third kappa shape index (κ3) is 2.06. The highest BCUT2D eigenvalue weighted by atomic mass is 16.6. The minimum absolute atomic E-state index is 0.302. The molecule has 2 aromatic heterocycles. The van der Waals surface area contributed by atoms with Gasteiger partial charge in [-0.3, -0.25) is 5.10 Å². The number of rotatable bonds is 2. The van der Waals surface area contributed by atoms with E-state index in [1.165, 1.54) is 0 Å². The standard InChI is InChI=1S/C13H11N5O3/c14-11-5-7(16-17-11)13-15-12(18-21-13)10-6-19-8-3-1-2-4-9(8)20-10/h1-5,10H,6H2,(H3,14,16,17). The minimum atomic E-state index is -0.419. The summed E-state index contributed by atoms with van der Waals surface area (Å²) in [4.78, 5) is 4.28. The Morgan fingerprint density at radius 3 is 2.90 bits per heavy atom. The number of hydrogen-bond donors (Lipinski definition) is 2. The maximum Gasteiger partial charge on any atom is 0.276 e. The molecule has 0 saturated carbocycles. The van der Waals surface area contributed by atoms with Crippen LogP contribution in [0.15, 0.2) is 34.9 Å². The van der Waals surface area contributed by atoms with Crippen molar-refractivity contribution in [1.29, 1.82) is 0 Å². The van der Waals surface area contributed by atoms with Gasteiger partial charge in [-0.15, -0.1) is 0 Å². The van der Waals surface area contributed by atoms with Crippen molar-refractivity contribution in [3.63, 3.8) is 0 Å². The van der Waals surface area contributed by atoms with Crippen LogP contribution in [0.1, 0.15) is 11.9 Å². The average Bonchev–Trinajstić information content (AvgIpc) is 3.15. The second kappa shape index (κ2) is 4.51. The zero-order chi connectivity index (χ0) is 14.2. The van der Waals surface area contributed by atoms with Crippen LogP contribution < -0.4 is 15.2 Å². The van der Waals surface area contributed by atoms with Gasteiger partial charge in [0, 0.05) is 6.07 Å². The minimum Gasteiger partial charge on any atom is -0.485 e. The molecule has 0 spiro atoms. The van der Waals surface area contributed by atoms with Crippen LogP contribution in [-0.2, 0) is 0 Å². The number of fused-ring (bicyclic) bond motifs is 1. The van der Waals surface area contributed by atoms with Gasteiger partial charge in [0.25, 0.3) is 5.89 Å². The summed E-state index contributed by atoms with van der Waals surface area (Å²) in [6, 6.07) is 9.06. The van der Waals surface area contributed by atoms with Gasteiger partial charge in [0.1, 0.15) is 18.1 Å². The quantitative estimate of drug-likeness (QED) is 0.734. The first kappa shape index (κ1) is 11.8. The second-order valence-electron chi connectivity index (χ2n) is 4.53. The van der Waals surface area contributed by atoms with E-state index in [2.05, 4.69) is 20.3 Å². The Hall–Kier alpha value is -3.03. The molecule has 3 heterocycles. The van der Waals surface area contributed by atoms with E-state index in [9.17, 15) is 0 Å². The number of nitrogens with zero attached hydrogens (tertiary/aromatic N) is 3. The van der Waals surface area contributed by atoms with Crippen molar-refractivity contribution >= 4 is 5.82 Å². The molecule has 1 atom stereocenters. The van der Waals surface area contributed by atoms with Gasteiger partial charge in [0.15, 0.2) is 17.6 Å². The van der Waals surface area contributed by atoms with E-state index in [4.69, 9.17) is 19.7 Å². The highest BCUT2D eigenvalue weighted by molar-refractivity contribution is 5.51. The van der Waals surface area contributed by atoms with E-state index in [1.54, 1.807) is 6.07 Å². The summed E-state index contributed by atoms with van der Waals surface area (Å²) in [5.41, 5.74) is 6.10. The number of aromatic nitrogens is 4. The van der Waals surface area contributed by atoms with E-state index in [1.807, 2.05) is 24.3 Å². The van der Waals surface area contributed by atoms with Crippen molar-refractivity contribution in [1.82, 2.24) is 20.3 Å². The van der Waals surface area contributed by atoms with Crippen molar-refractivity contribution in [3.8, 4) is 23.1 Å². The van der Waals surface area contributed by atoms with Crippen LogP contribution in [0, 0.1) is 0 Å². The molecule has 1 aliphatic rings. The lowest BCUT2D eigenvalue weighted by Crippen LogP contribution is -2.22. The van der Waals surface area contributed by atoms with Gasteiger partial charge in [0.2, 0.25) is 5.82 Å². The molecule has 3 aromatic rings. The third-order valence-electron chi connectivity index (χ3n) is 3.07. The van der Waals surface area contributed by atoms with Crippen LogP contribution in [0.3, 0.4) is 0 Å². The van der Waals surface area contributed by atoms with Crippen molar-refractivity contribution in [3.05, 3.63) is 36.2 Å². The lowest BCUT2D eigenvalue weighted by Gasteiger charge is -2.24. The maximum absolute atomic E-state index is 5.81. The molecule has 0 bridgehead atoms. The van der Waals surface area contributed by atoms with E-state index in [0.29, 0.717) is 41.3 Å². The molecule has 0 amide bonds. The normalized spacial score (nSPS) is 16.9. The summed E-state index contributed by atoms with van der Waals surface area (Å²) < 4.78 is 16.6. The molecule has 21 heavy (non-hydrogen) atoms. The molecule has 0 aliphatic carbocycles. The Balaban J connectivity index is 1.60. The SMILES string of the molecule is Nc1cc(-c2nc(C3COc4ccccc4O3)no2)[nH]n1. The number of ether oxygens (including phenoxy) is 2. The number of anilines is 1. The zero-order valence-electron chi connectivity index (χ0n) is 10.8. The average molecular weight is 285 g/mol. The Morgan fingerprint density at radius 1 is 1.24 bits per heavy atom. The molecule has 4 rings (SSSR count). The van der Waals surface area contributed by atoms with Gasteiger partial charge >= 0.3 is 0 Å². The number of nitrogens with two attached hydrogens (primary N) is 1. The summed E-state index contributed by atoms with van der Waals surface area (Å²) in [6.07, 6.45) is -0.419. The third-order valence-corrected chi connectivity index (χ3v) is 3.07. The molecule has 0 fully saturated rings. The first-order valence-electron chi connectivity index (χ1n) is 6.33. The number of nitrogen functional groups attached to an aromatic ring is 1. The molecule has 106 valence electrons. The molecule has 1 aromatic carbocycles.